The maximum absolute atomic E-state index is 13.0. The molecule has 0 N–H and O–H groups in total. The topological polar surface area (TPSA) is 52.6 Å². The van der Waals surface area contributed by atoms with Gasteiger partial charge in [0.05, 0.1) is 11.8 Å². The predicted molar refractivity (Wildman–Crippen MR) is 117 cm³/mol. The average molecular weight is 409 g/mol. The number of rotatable bonds is 6. The lowest BCUT2D eigenvalue weighted by Crippen LogP contribution is -2.35. The molecule has 2 aliphatic carbocycles. The van der Waals surface area contributed by atoms with Crippen LogP contribution in [0.2, 0.25) is 0 Å². The molecule has 0 heterocycles. The van der Waals surface area contributed by atoms with Crippen LogP contribution in [0.3, 0.4) is 0 Å². The first kappa shape index (κ1) is 20.9. The Balaban J connectivity index is 1.39. The summed E-state index contributed by atoms with van der Waals surface area (Å²) in [4.78, 5) is 25.2. The zero-order valence-electron chi connectivity index (χ0n) is 18.4. The van der Waals surface area contributed by atoms with Gasteiger partial charge in [-0.05, 0) is 73.8 Å². The van der Waals surface area contributed by atoms with Gasteiger partial charge in [0.15, 0.2) is 0 Å². The number of esters is 2. The molecule has 2 aromatic rings. The smallest absolute Gasteiger partial charge is 0.310 e. The Morgan fingerprint density at radius 3 is 2.43 bits per heavy atom. The number of carbonyl (C=O) groups excluding carboxylic acids is 2. The van der Waals surface area contributed by atoms with Crippen LogP contribution in [0.4, 0.5) is 0 Å². The second kappa shape index (κ2) is 8.05. The van der Waals surface area contributed by atoms with Gasteiger partial charge in [0.2, 0.25) is 0 Å². The number of carbonyl (C=O) groups is 2. The largest absolute Gasteiger partial charge is 0.462 e. The van der Waals surface area contributed by atoms with Gasteiger partial charge in [-0.25, -0.2) is 0 Å². The minimum Gasteiger partial charge on any atom is -0.462 e. The summed E-state index contributed by atoms with van der Waals surface area (Å²) in [5.41, 5.74) is 0.309. The number of fused-ring (bicyclic) bond motifs is 3. The van der Waals surface area contributed by atoms with Crippen molar-refractivity contribution in [3.8, 4) is 0 Å². The summed E-state index contributed by atoms with van der Waals surface area (Å²) in [7, 11) is 0. The maximum atomic E-state index is 13.0. The van der Waals surface area contributed by atoms with Crippen LogP contribution in [0.1, 0.15) is 58.9 Å². The third kappa shape index (κ3) is 3.97. The van der Waals surface area contributed by atoms with Crippen LogP contribution in [0.15, 0.2) is 42.5 Å². The second-order valence-electron chi connectivity index (χ2n) is 9.61. The van der Waals surface area contributed by atoms with Gasteiger partial charge in [0.1, 0.15) is 11.7 Å². The molecule has 160 valence electrons. The fourth-order valence-electron chi connectivity index (χ4n) is 5.04. The van der Waals surface area contributed by atoms with Gasteiger partial charge in [-0.15, -0.1) is 0 Å². The highest BCUT2D eigenvalue weighted by molar-refractivity contribution is 5.83. The number of hydrogen-bond donors (Lipinski definition) is 0. The van der Waals surface area contributed by atoms with Crippen LogP contribution in [0.5, 0.6) is 0 Å². The van der Waals surface area contributed by atoms with Crippen LogP contribution in [0.25, 0.3) is 10.8 Å². The van der Waals surface area contributed by atoms with E-state index in [0.717, 1.165) is 36.6 Å². The highest BCUT2D eigenvalue weighted by Gasteiger charge is 2.51. The van der Waals surface area contributed by atoms with Gasteiger partial charge in [-0.2, -0.15) is 0 Å². The fraction of sp³-hybridized carbons (Fsp3) is 0.538. The highest BCUT2D eigenvalue weighted by atomic mass is 16.6. The van der Waals surface area contributed by atoms with E-state index in [4.69, 9.17) is 9.47 Å². The molecular formula is C26H32O4. The Kier molecular flexibility index (Phi) is 5.61. The van der Waals surface area contributed by atoms with Crippen molar-refractivity contribution in [2.75, 3.05) is 0 Å². The summed E-state index contributed by atoms with van der Waals surface area (Å²) in [6.07, 6.45) is 3.25. The lowest BCUT2D eigenvalue weighted by atomic mass is 9.86. The molecule has 0 amide bonds. The molecule has 4 nitrogen and oxygen atoms in total. The Morgan fingerprint density at radius 2 is 1.77 bits per heavy atom. The fourth-order valence-corrected chi connectivity index (χ4v) is 5.04. The van der Waals surface area contributed by atoms with Crippen molar-refractivity contribution in [1.29, 1.82) is 0 Å². The molecule has 30 heavy (non-hydrogen) atoms. The van der Waals surface area contributed by atoms with E-state index in [1.165, 1.54) is 5.39 Å². The van der Waals surface area contributed by atoms with Crippen molar-refractivity contribution in [2.45, 2.75) is 65.1 Å². The average Bonchev–Trinajstić information content (AvgIpc) is 3.33. The van der Waals surface area contributed by atoms with E-state index in [9.17, 15) is 9.59 Å². The summed E-state index contributed by atoms with van der Waals surface area (Å²) in [6.45, 7) is 7.82. The molecule has 0 spiro atoms. The molecule has 0 aromatic heterocycles. The van der Waals surface area contributed by atoms with Crippen molar-refractivity contribution < 1.29 is 19.1 Å². The predicted octanol–water partition coefficient (Wildman–Crippen LogP) is 5.62. The molecule has 2 fully saturated rings. The van der Waals surface area contributed by atoms with E-state index < -0.39 is 5.60 Å². The molecule has 2 bridgehead atoms. The summed E-state index contributed by atoms with van der Waals surface area (Å²) < 4.78 is 11.8. The first-order chi connectivity index (χ1) is 14.3. The van der Waals surface area contributed by atoms with Crippen LogP contribution in [-0.4, -0.2) is 18.0 Å². The van der Waals surface area contributed by atoms with Gasteiger partial charge in [-0.3, -0.25) is 9.59 Å². The molecule has 5 unspecified atom stereocenters. The summed E-state index contributed by atoms with van der Waals surface area (Å²) >= 11 is 0. The van der Waals surface area contributed by atoms with E-state index in [1.54, 1.807) is 0 Å². The highest BCUT2D eigenvalue weighted by Crippen LogP contribution is 2.50. The molecule has 0 aliphatic heterocycles. The molecule has 4 heteroatoms. The van der Waals surface area contributed by atoms with Crippen molar-refractivity contribution in [3.05, 3.63) is 48.0 Å². The number of ether oxygens (including phenoxy) is 2. The molecule has 2 aromatic carbocycles. The minimum absolute atomic E-state index is 0.0333. The SMILES string of the molecule is CCC(C)C(=O)OC1CC2CC1CC2C(=O)OC(C)(C)c1ccc2ccccc2c1. The normalized spacial score (nSPS) is 26.5. The zero-order chi connectivity index (χ0) is 21.5. The molecule has 2 saturated carbocycles. The molecule has 2 aliphatic rings. The standard InChI is InChI=1S/C26H32O4/c1-5-16(2)24(27)29-23-15-19-12-20(23)14-22(19)25(28)30-26(3,4)21-11-10-17-8-6-7-9-18(17)13-21/h6-11,13,16,19-20,22-23H,5,12,14-15H2,1-4H3. The first-order valence-electron chi connectivity index (χ1n) is 11.2. The summed E-state index contributed by atoms with van der Waals surface area (Å²) in [5, 5.41) is 2.32. The lowest BCUT2D eigenvalue weighted by molar-refractivity contribution is -0.166. The molecule has 0 radical (unpaired) electrons. The Bertz CT molecular complexity index is 947. The van der Waals surface area contributed by atoms with Gasteiger partial charge in [-0.1, -0.05) is 50.2 Å². The van der Waals surface area contributed by atoms with E-state index >= 15 is 0 Å². The van der Waals surface area contributed by atoms with Gasteiger partial charge < -0.3 is 9.47 Å². The maximum Gasteiger partial charge on any atom is 0.310 e. The zero-order valence-corrected chi connectivity index (χ0v) is 18.4. The molecule has 0 saturated heterocycles. The Labute approximate surface area is 178 Å². The molecule has 5 atom stereocenters. The first-order valence-corrected chi connectivity index (χ1v) is 11.2. The lowest BCUT2D eigenvalue weighted by Gasteiger charge is -2.31. The van der Waals surface area contributed by atoms with Crippen LogP contribution >= 0.6 is 0 Å². The Hall–Kier alpha value is -2.36. The van der Waals surface area contributed by atoms with Gasteiger partial charge in [0, 0.05) is 0 Å². The number of benzene rings is 2. The molecular weight excluding hydrogens is 376 g/mol. The van der Waals surface area contributed by atoms with E-state index in [2.05, 4.69) is 24.3 Å². The van der Waals surface area contributed by atoms with Crippen molar-refractivity contribution in [3.63, 3.8) is 0 Å². The third-order valence-electron chi connectivity index (χ3n) is 7.18. The van der Waals surface area contributed by atoms with Crippen molar-refractivity contribution in [1.82, 2.24) is 0 Å². The molecule has 4 rings (SSSR count). The summed E-state index contributed by atoms with van der Waals surface area (Å²) in [5.74, 6) is 0.161. The quantitative estimate of drug-likeness (QED) is 0.582. The van der Waals surface area contributed by atoms with Crippen LogP contribution in [0, 0.1) is 23.7 Å². The number of hydrogen-bond acceptors (Lipinski definition) is 4. The van der Waals surface area contributed by atoms with Crippen molar-refractivity contribution in [2.24, 2.45) is 23.7 Å². The minimum atomic E-state index is -0.689. The van der Waals surface area contributed by atoms with Gasteiger partial charge >= 0.3 is 11.9 Å². The van der Waals surface area contributed by atoms with E-state index in [1.807, 2.05) is 45.9 Å². The van der Waals surface area contributed by atoms with Crippen LogP contribution < -0.4 is 0 Å². The van der Waals surface area contributed by atoms with E-state index in [-0.39, 0.29) is 41.7 Å². The van der Waals surface area contributed by atoms with Gasteiger partial charge in [0.25, 0.3) is 0 Å². The Morgan fingerprint density at radius 1 is 1.03 bits per heavy atom. The van der Waals surface area contributed by atoms with Crippen LogP contribution in [-0.2, 0) is 24.7 Å². The summed E-state index contributed by atoms with van der Waals surface area (Å²) in [6, 6.07) is 14.4. The van der Waals surface area contributed by atoms with E-state index in [0.29, 0.717) is 0 Å². The van der Waals surface area contributed by atoms with Crippen molar-refractivity contribution >= 4 is 22.7 Å². The third-order valence-corrected chi connectivity index (χ3v) is 7.18. The monoisotopic (exact) mass is 408 g/mol. The second-order valence-corrected chi connectivity index (χ2v) is 9.61.